The van der Waals surface area contributed by atoms with Crippen molar-refractivity contribution in [3.8, 4) is 22.6 Å². The number of anilines is 6. The lowest BCUT2D eigenvalue weighted by atomic mass is 9.73. The largest absolute Gasteiger partial charge is 0.454 e. The number of ether oxygens (including phenoxy) is 1. The Balaban J connectivity index is 1.23. The summed E-state index contributed by atoms with van der Waals surface area (Å²) in [6.45, 7) is 6.81. The molecule has 7 aromatic carbocycles. The van der Waals surface area contributed by atoms with Crippen LogP contribution in [0.4, 0.5) is 34.1 Å². The quantitative estimate of drug-likeness (QED) is 0.190. The number of hydrogen-bond acceptors (Lipinski definition) is 4. The third-order valence-corrected chi connectivity index (χ3v) is 10.6. The highest BCUT2D eigenvalue weighted by Gasteiger charge is 2.42. The zero-order valence-electron chi connectivity index (χ0n) is 28.1. The highest BCUT2D eigenvalue weighted by molar-refractivity contribution is 6.10. The van der Waals surface area contributed by atoms with Gasteiger partial charge >= 0.3 is 0 Å². The maximum atomic E-state index is 6.65. The van der Waals surface area contributed by atoms with Crippen LogP contribution in [0.5, 0.6) is 11.5 Å². The van der Waals surface area contributed by atoms with E-state index in [-0.39, 0.29) is 5.41 Å². The second-order valence-electron chi connectivity index (χ2n) is 13.8. The van der Waals surface area contributed by atoms with E-state index < -0.39 is 0 Å². The molecule has 0 saturated carbocycles. The average molecular weight is 647 g/mol. The molecule has 240 valence electrons. The van der Waals surface area contributed by atoms with Crippen molar-refractivity contribution >= 4 is 56.1 Å². The van der Waals surface area contributed by atoms with Gasteiger partial charge in [-0.25, -0.2) is 0 Å². The van der Waals surface area contributed by atoms with Crippen molar-refractivity contribution in [2.45, 2.75) is 26.2 Å². The van der Waals surface area contributed by atoms with E-state index in [0.29, 0.717) is 0 Å². The van der Waals surface area contributed by atoms with Gasteiger partial charge in [0, 0.05) is 27.6 Å². The normalized spacial score (nSPS) is 13.8. The highest BCUT2D eigenvalue weighted by Crippen LogP contribution is 2.61. The summed E-state index contributed by atoms with van der Waals surface area (Å²) in [6.07, 6.45) is 0. The van der Waals surface area contributed by atoms with Crippen LogP contribution in [-0.2, 0) is 5.41 Å². The van der Waals surface area contributed by atoms with Crippen LogP contribution in [0, 0.1) is 6.92 Å². The lowest BCUT2D eigenvalue weighted by Crippen LogP contribution is -2.32. The molecule has 0 saturated heterocycles. The van der Waals surface area contributed by atoms with Crippen LogP contribution in [0.25, 0.3) is 33.1 Å². The first-order valence-electron chi connectivity index (χ1n) is 17.2. The minimum absolute atomic E-state index is 0.250. The van der Waals surface area contributed by atoms with Gasteiger partial charge in [-0.15, -0.1) is 0 Å². The van der Waals surface area contributed by atoms with Gasteiger partial charge in [-0.2, -0.15) is 0 Å². The molecule has 0 atom stereocenters. The van der Waals surface area contributed by atoms with E-state index in [4.69, 9.17) is 9.15 Å². The Morgan fingerprint density at radius 3 is 2.08 bits per heavy atom. The van der Waals surface area contributed by atoms with Gasteiger partial charge in [0.25, 0.3) is 0 Å². The molecule has 0 radical (unpaired) electrons. The molecule has 8 aromatic rings. The Bertz CT molecular complexity index is 2620. The first kappa shape index (κ1) is 28.7. The summed E-state index contributed by atoms with van der Waals surface area (Å²) in [4.78, 5) is 4.77. The number of para-hydroxylation sites is 4. The monoisotopic (exact) mass is 646 g/mol. The Labute approximate surface area is 291 Å². The molecule has 0 aliphatic carbocycles. The van der Waals surface area contributed by atoms with Gasteiger partial charge in [-0.3, -0.25) is 0 Å². The second kappa shape index (κ2) is 10.6. The van der Waals surface area contributed by atoms with Crippen LogP contribution >= 0.6 is 0 Å². The fraction of sp³-hybridized carbons (Fsp3) is 0.0870. The molecule has 3 heterocycles. The molecular formula is C46H34N2O2. The summed E-state index contributed by atoms with van der Waals surface area (Å²) in [5.74, 6) is 1.75. The molecule has 0 spiro atoms. The first-order valence-corrected chi connectivity index (χ1v) is 17.2. The van der Waals surface area contributed by atoms with Gasteiger partial charge < -0.3 is 19.0 Å². The molecule has 2 aliphatic heterocycles. The molecule has 4 nitrogen and oxygen atoms in total. The minimum Gasteiger partial charge on any atom is -0.454 e. The van der Waals surface area contributed by atoms with E-state index >= 15 is 0 Å². The van der Waals surface area contributed by atoms with Crippen LogP contribution in [0.2, 0.25) is 0 Å². The maximum Gasteiger partial charge on any atom is 0.159 e. The Morgan fingerprint density at radius 2 is 1.24 bits per heavy atom. The van der Waals surface area contributed by atoms with Gasteiger partial charge in [-0.05, 0) is 83.3 Å². The Hall–Kier alpha value is -6.26. The molecule has 0 fully saturated rings. The zero-order valence-corrected chi connectivity index (χ0v) is 28.1. The second-order valence-corrected chi connectivity index (χ2v) is 13.8. The van der Waals surface area contributed by atoms with Crippen molar-refractivity contribution in [2.24, 2.45) is 0 Å². The molecule has 1 aromatic heterocycles. The summed E-state index contributed by atoms with van der Waals surface area (Å²) in [5, 5.41) is 2.21. The van der Waals surface area contributed by atoms with Gasteiger partial charge in [0.1, 0.15) is 5.58 Å². The Kier molecular flexibility index (Phi) is 6.10. The molecule has 0 N–H and O–H groups in total. The Morgan fingerprint density at radius 1 is 0.560 bits per heavy atom. The van der Waals surface area contributed by atoms with Crippen molar-refractivity contribution in [2.75, 3.05) is 9.80 Å². The van der Waals surface area contributed by atoms with Gasteiger partial charge in [0.05, 0.1) is 22.7 Å². The van der Waals surface area contributed by atoms with Crippen molar-refractivity contribution in [3.05, 3.63) is 168 Å². The van der Waals surface area contributed by atoms with E-state index in [1.165, 1.54) is 27.8 Å². The predicted molar refractivity (Wildman–Crippen MR) is 205 cm³/mol. The number of hydrogen-bond donors (Lipinski definition) is 0. The third-order valence-electron chi connectivity index (χ3n) is 10.6. The fourth-order valence-electron chi connectivity index (χ4n) is 8.10. The zero-order chi connectivity index (χ0) is 33.6. The van der Waals surface area contributed by atoms with Crippen molar-refractivity contribution < 1.29 is 9.15 Å². The van der Waals surface area contributed by atoms with Crippen molar-refractivity contribution in [1.82, 2.24) is 0 Å². The summed E-state index contributed by atoms with van der Waals surface area (Å²) in [7, 11) is 0. The molecule has 0 unspecified atom stereocenters. The van der Waals surface area contributed by atoms with Crippen molar-refractivity contribution in [1.29, 1.82) is 0 Å². The standard InChI is InChI=1S/C46H34N2O2/c1-29-12-9-20-41-43(29)48-39-28-33(26-27-36(39)46(2,3)37-17-11-21-42(49-41)44(37)48)47(32-24-22-31(23-25-32)30-13-5-4-6-14-30)38-18-10-16-35-34-15-7-8-19-40(34)50-45(35)38/h4-28H,1-3H3. The summed E-state index contributed by atoms with van der Waals surface area (Å²) in [6, 6.07) is 53.8. The van der Waals surface area contributed by atoms with E-state index in [0.717, 1.165) is 67.6 Å². The number of rotatable bonds is 4. The van der Waals surface area contributed by atoms with Crippen LogP contribution < -0.4 is 14.5 Å². The van der Waals surface area contributed by atoms with Gasteiger partial charge in [0.2, 0.25) is 0 Å². The molecule has 4 heteroatoms. The first-order chi connectivity index (χ1) is 24.5. The van der Waals surface area contributed by atoms with Crippen molar-refractivity contribution in [3.63, 3.8) is 0 Å². The summed E-state index contributed by atoms with van der Waals surface area (Å²) < 4.78 is 13.2. The van der Waals surface area contributed by atoms with E-state index in [1.54, 1.807) is 0 Å². The number of furan rings is 1. The maximum absolute atomic E-state index is 6.65. The summed E-state index contributed by atoms with van der Waals surface area (Å²) >= 11 is 0. The van der Waals surface area contributed by atoms with E-state index in [1.807, 2.05) is 12.1 Å². The van der Waals surface area contributed by atoms with Crippen LogP contribution in [-0.4, -0.2) is 0 Å². The molecule has 50 heavy (non-hydrogen) atoms. The third kappa shape index (κ3) is 4.12. The van der Waals surface area contributed by atoms with Crippen LogP contribution in [0.1, 0.15) is 30.5 Å². The highest BCUT2D eigenvalue weighted by atomic mass is 16.5. The van der Waals surface area contributed by atoms with E-state index in [2.05, 4.69) is 170 Å². The van der Waals surface area contributed by atoms with Gasteiger partial charge in [-0.1, -0.05) is 117 Å². The number of aryl methyl sites for hydroxylation is 1. The van der Waals surface area contributed by atoms with E-state index in [9.17, 15) is 0 Å². The molecule has 0 bridgehead atoms. The SMILES string of the molecule is Cc1cccc2c1N1c3cc(N(c4ccc(-c5ccccc5)cc4)c4cccc5c4oc4ccccc45)ccc3C(C)(C)c3cccc(c31)O2. The predicted octanol–water partition coefficient (Wildman–Crippen LogP) is 13.2. The number of nitrogens with zero attached hydrogens (tertiary/aromatic N) is 2. The molecular weight excluding hydrogens is 613 g/mol. The smallest absolute Gasteiger partial charge is 0.159 e. The lowest BCUT2D eigenvalue weighted by molar-refractivity contribution is 0.471. The lowest BCUT2D eigenvalue weighted by Gasteiger charge is -2.45. The fourth-order valence-corrected chi connectivity index (χ4v) is 8.10. The molecule has 0 amide bonds. The van der Waals surface area contributed by atoms with Gasteiger partial charge in [0.15, 0.2) is 17.1 Å². The summed E-state index contributed by atoms with van der Waals surface area (Å²) in [5.41, 5.74) is 14.0. The van der Waals surface area contributed by atoms with Crippen LogP contribution in [0.15, 0.2) is 156 Å². The number of benzene rings is 7. The topological polar surface area (TPSA) is 28.9 Å². The average Bonchev–Trinajstić information content (AvgIpc) is 3.54. The van der Waals surface area contributed by atoms with Crippen LogP contribution in [0.3, 0.4) is 0 Å². The molecule has 10 rings (SSSR count). The minimum atomic E-state index is -0.250. The molecule has 2 aliphatic rings. The number of fused-ring (bicyclic) bond motifs is 7.